The molecule has 2 amide bonds. The number of imide groups is 1. The molecule has 1 aliphatic rings. The second-order valence-corrected chi connectivity index (χ2v) is 7.92. The summed E-state index contributed by atoms with van der Waals surface area (Å²) in [5, 5.41) is 3.12. The standard InChI is InChI=1S/C27H25FN2O3/c1-4-33-22-13-11-21(12-14-22)29-25-24(19-10-9-17(2)18(3)15-19)26(31)30(27(25)32)16-20-7-5-6-8-23(20)28/h5-15,29H,4,16H2,1-3H3. The monoisotopic (exact) mass is 444 g/mol. The zero-order chi connectivity index (χ0) is 23.5. The van der Waals surface area contributed by atoms with Crippen LogP contribution >= 0.6 is 0 Å². The molecular formula is C27H25FN2O3. The van der Waals surface area contributed by atoms with E-state index in [4.69, 9.17) is 4.74 Å². The minimum absolute atomic E-state index is 0.146. The van der Waals surface area contributed by atoms with Gasteiger partial charge in [-0.2, -0.15) is 0 Å². The lowest BCUT2D eigenvalue weighted by atomic mass is 9.99. The maximum atomic E-state index is 14.3. The normalized spacial score (nSPS) is 13.6. The Kier molecular flexibility index (Phi) is 6.27. The Morgan fingerprint density at radius 2 is 1.64 bits per heavy atom. The zero-order valence-corrected chi connectivity index (χ0v) is 18.8. The van der Waals surface area contributed by atoms with Crippen LogP contribution < -0.4 is 10.1 Å². The zero-order valence-electron chi connectivity index (χ0n) is 18.8. The Labute approximate surface area is 192 Å². The molecule has 5 nitrogen and oxygen atoms in total. The molecule has 0 bridgehead atoms. The molecule has 3 aromatic rings. The summed E-state index contributed by atoms with van der Waals surface area (Å²) in [5.41, 5.74) is 4.09. The van der Waals surface area contributed by atoms with Crippen LogP contribution in [0, 0.1) is 19.7 Å². The molecule has 0 saturated heterocycles. The number of carbonyl (C=O) groups excluding carboxylic acids is 2. The Hall–Kier alpha value is -3.93. The predicted molar refractivity (Wildman–Crippen MR) is 126 cm³/mol. The third-order valence-electron chi connectivity index (χ3n) is 5.68. The van der Waals surface area contributed by atoms with Crippen molar-refractivity contribution in [2.75, 3.05) is 11.9 Å². The highest BCUT2D eigenvalue weighted by Gasteiger charge is 2.39. The number of aryl methyl sites for hydroxylation is 2. The second kappa shape index (κ2) is 9.28. The highest BCUT2D eigenvalue weighted by Crippen LogP contribution is 2.33. The van der Waals surface area contributed by atoms with Crippen LogP contribution in [0.15, 0.2) is 72.4 Å². The Morgan fingerprint density at radius 3 is 2.30 bits per heavy atom. The molecule has 0 unspecified atom stereocenters. The van der Waals surface area contributed by atoms with Gasteiger partial charge in [0.1, 0.15) is 17.3 Å². The van der Waals surface area contributed by atoms with Gasteiger partial charge in [-0.1, -0.05) is 36.4 Å². The number of rotatable bonds is 7. The number of hydrogen-bond donors (Lipinski definition) is 1. The van der Waals surface area contributed by atoms with E-state index in [1.807, 2.05) is 39.0 Å². The lowest BCUT2D eigenvalue weighted by Gasteiger charge is -2.16. The minimum atomic E-state index is -0.495. The number of halogens is 1. The third-order valence-corrected chi connectivity index (χ3v) is 5.68. The number of hydrogen-bond acceptors (Lipinski definition) is 4. The molecule has 4 rings (SSSR count). The van der Waals surface area contributed by atoms with Crippen molar-refractivity contribution in [1.82, 2.24) is 4.90 Å². The van der Waals surface area contributed by atoms with Gasteiger partial charge in [-0.05, 0) is 67.8 Å². The second-order valence-electron chi connectivity index (χ2n) is 7.92. The van der Waals surface area contributed by atoms with Crippen molar-refractivity contribution in [3.63, 3.8) is 0 Å². The fourth-order valence-electron chi connectivity index (χ4n) is 3.74. The van der Waals surface area contributed by atoms with Gasteiger partial charge in [0.05, 0.1) is 18.7 Å². The summed E-state index contributed by atoms with van der Waals surface area (Å²) in [6.45, 7) is 6.25. The van der Waals surface area contributed by atoms with Crippen LogP contribution in [0.4, 0.5) is 10.1 Å². The van der Waals surface area contributed by atoms with Gasteiger partial charge in [-0.25, -0.2) is 4.39 Å². The van der Waals surface area contributed by atoms with Crippen LogP contribution in [0.2, 0.25) is 0 Å². The SMILES string of the molecule is CCOc1ccc(NC2=C(c3ccc(C)c(C)c3)C(=O)N(Cc3ccccc3F)C2=O)cc1. The summed E-state index contributed by atoms with van der Waals surface area (Å²) in [6, 6.07) is 18.9. The van der Waals surface area contributed by atoms with Crippen LogP contribution in [-0.4, -0.2) is 23.3 Å². The van der Waals surface area contributed by atoms with Gasteiger partial charge >= 0.3 is 0 Å². The van der Waals surface area contributed by atoms with Crippen molar-refractivity contribution in [3.05, 3.63) is 100 Å². The number of ether oxygens (including phenoxy) is 1. The van der Waals surface area contributed by atoms with Gasteiger partial charge < -0.3 is 10.1 Å². The van der Waals surface area contributed by atoms with E-state index in [-0.39, 0.29) is 23.4 Å². The highest BCUT2D eigenvalue weighted by atomic mass is 19.1. The van der Waals surface area contributed by atoms with Gasteiger partial charge in [0, 0.05) is 11.3 Å². The maximum absolute atomic E-state index is 14.3. The average Bonchev–Trinajstić information content (AvgIpc) is 3.03. The van der Waals surface area contributed by atoms with Gasteiger partial charge in [-0.15, -0.1) is 0 Å². The molecule has 0 saturated carbocycles. The average molecular weight is 445 g/mol. The lowest BCUT2D eigenvalue weighted by molar-refractivity contribution is -0.137. The Balaban J connectivity index is 1.73. The molecule has 6 heteroatoms. The molecule has 168 valence electrons. The molecule has 0 fully saturated rings. The summed E-state index contributed by atoms with van der Waals surface area (Å²) < 4.78 is 19.7. The largest absolute Gasteiger partial charge is 0.494 e. The first-order valence-corrected chi connectivity index (χ1v) is 10.8. The van der Waals surface area contributed by atoms with E-state index in [9.17, 15) is 14.0 Å². The van der Waals surface area contributed by atoms with Crippen molar-refractivity contribution >= 4 is 23.1 Å². The summed E-state index contributed by atoms with van der Waals surface area (Å²) in [7, 11) is 0. The fourth-order valence-corrected chi connectivity index (χ4v) is 3.74. The number of nitrogens with one attached hydrogen (secondary N) is 1. The Bertz CT molecular complexity index is 1250. The third kappa shape index (κ3) is 4.51. The fraction of sp³-hybridized carbons (Fsp3) is 0.185. The van der Waals surface area contributed by atoms with Crippen molar-refractivity contribution in [1.29, 1.82) is 0 Å². The topological polar surface area (TPSA) is 58.6 Å². The summed E-state index contributed by atoms with van der Waals surface area (Å²) in [6.07, 6.45) is 0. The van der Waals surface area contributed by atoms with Crippen LogP contribution in [0.25, 0.3) is 5.57 Å². The van der Waals surface area contributed by atoms with E-state index >= 15 is 0 Å². The van der Waals surface area contributed by atoms with E-state index in [0.717, 1.165) is 16.0 Å². The van der Waals surface area contributed by atoms with Crippen LogP contribution in [0.3, 0.4) is 0 Å². The summed E-state index contributed by atoms with van der Waals surface area (Å²) in [5.74, 6) is -0.703. The molecule has 0 spiro atoms. The number of amides is 2. The smallest absolute Gasteiger partial charge is 0.278 e. The van der Waals surface area contributed by atoms with Gasteiger partial charge in [0.25, 0.3) is 11.8 Å². The molecule has 0 radical (unpaired) electrons. The molecule has 3 aromatic carbocycles. The van der Waals surface area contributed by atoms with Gasteiger partial charge in [0.15, 0.2) is 0 Å². The Morgan fingerprint density at radius 1 is 0.909 bits per heavy atom. The number of anilines is 1. The highest BCUT2D eigenvalue weighted by molar-refractivity contribution is 6.36. The number of benzene rings is 3. The van der Waals surface area contributed by atoms with Crippen molar-refractivity contribution in [2.24, 2.45) is 0 Å². The quantitative estimate of drug-likeness (QED) is 0.507. The summed E-state index contributed by atoms with van der Waals surface area (Å²) in [4.78, 5) is 27.9. The first-order chi connectivity index (χ1) is 15.9. The first kappa shape index (κ1) is 22.3. The molecule has 0 aliphatic carbocycles. The van der Waals surface area contributed by atoms with Crippen molar-refractivity contribution in [3.8, 4) is 5.75 Å². The molecule has 1 aliphatic heterocycles. The van der Waals surface area contributed by atoms with Crippen LogP contribution in [-0.2, 0) is 16.1 Å². The molecular weight excluding hydrogens is 419 g/mol. The maximum Gasteiger partial charge on any atom is 0.278 e. The molecule has 0 atom stereocenters. The van der Waals surface area contributed by atoms with E-state index in [0.29, 0.717) is 23.6 Å². The van der Waals surface area contributed by atoms with Gasteiger partial charge in [0.2, 0.25) is 0 Å². The van der Waals surface area contributed by atoms with E-state index in [1.54, 1.807) is 42.5 Å². The first-order valence-electron chi connectivity index (χ1n) is 10.8. The van der Waals surface area contributed by atoms with Crippen molar-refractivity contribution in [2.45, 2.75) is 27.3 Å². The van der Waals surface area contributed by atoms with Crippen molar-refractivity contribution < 1.29 is 18.7 Å². The van der Waals surface area contributed by atoms with Gasteiger partial charge in [-0.3, -0.25) is 14.5 Å². The molecule has 1 heterocycles. The number of nitrogens with zero attached hydrogens (tertiary/aromatic N) is 1. The minimum Gasteiger partial charge on any atom is -0.494 e. The van der Waals surface area contributed by atoms with E-state index < -0.39 is 17.6 Å². The van der Waals surface area contributed by atoms with Crippen LogP contribution in [0.5, 0.6) is 5.75 Å². The van der Waals surface area contributed by atoms with E-state index in [1.165, 1.54) is 6.07 Å². The molecule has 33 heavy (non-hydrogen) atoms. The molecule has 1 N–H and O–H groups in total. The predicted octanol–water partition coefficient (Wildman–Crippen LogP) is 5.23. The van der Waals surface area contributed by atoms with Crippen LogP contribution in [0.1, 0.15) is 29.2 Å². The van der Waals surface area contributed by atoms with E-state index in [2.05, 4.69) is 5.32 Å². The number of carbonyl (C=O) groups is 2. The summed E-state index contributed by atoms with van der Waals surface area (Å²) >= 11 is 0. The lowest BCUT2D eigenvalue weighted by Crippen LogP contribution is -2.32. The molecule has 0 aromatic heterocycles.